The molecule has 0 aromatic heterocycles. The van der Waals surface area contributed by atoms with E-state index in [0.29, 0.717) is 6.10 Å². The van der Waals surface area contributed by atoms with E-state index < -0.39 is 0 Å². The first-order valence-electron chi connectivity index (χ1n) is 6.04. The van der Waals surface area contributed by atoms with E-state index >= 15 is 0 Å². The van der Waals surface area contributed by atoms with Crippen molar-refractivity contribution in [3.8, 4) is 0 Å². The smallest absolute Gasteiger partial charge is 0.665 e. The molecule has 1 aliphatic carbocycles. The molecule has 0 unspecified atom stereocenters. The molecule has 96 valence electrons. The molecule has 0 aliphatic heterocycles. The van der Waals surface area contributed by atoms with Gasteiger partial charge in [-0.25, -0.2) is 0 Å². The first kappa shape index (κ1) is 19.0. The van der Waals surface area contributed by atoms with Crippen molar-refractivity contribution in [1.82, 2.24) is 0 Å². The molecule has 0 amide bonds. The summed E-state index contributed by atoms with van der Waals surface area (Å²) in [6.45, 7) is 4.17. The second-order valence-corrected chi connectivity index (χ2v) is 4.34. The van der Waals surface area contributed by atoms with Crippen LogP contribution in [0, 0.1) is 13.3 Å². The maximum Gasteiger partial charge on any atom is 2.00 e. The van der Waals surface area contributed by atoms with Crippen molar-refractivity contribution in [3.63, 3.8) is 0 Å². The van der Waals surface area contributed by atoms with Gasteiger partial charge in [0.1, 0.15) is 0 Å². The van der Waals surface area contributed by atoms with Crippen LogP contribution in [0.15, 0.2) is 0 Å². The second-order valence-electron chi connectivity index (χ2n) is 4.34. The number of hydrogen-bond acceptors (Lipinski definition) is 1. The fourth-order valence-corrected chi connectivity index (χ4v) is 2.18. The van der Waals surface area contributed by atoms with Crippen molar-refractivity contribution in [2.45, 2.75) is 51.6 Å². The zero-order chi connectivity index (χ0) is 10.2. The molecule has 0 aromatic rings. The summed E-state index contributed by atoms with van der Waals surface area (Å²) >= 11 is 0. The Kier molecular flexibility index (Phi) is 14.3. The van der Waals surface area contributed by atoms with E-state index in [1.807, 2.05) is 7.05 Å². The van der Waals surface area contributed by atoms with Gasteiger partial charge < -0.3 is 17.5 Å². The molecule has 1 rings (SSSR count). The van der Waals surface area contributed by atoms with Gasteiger partial charge in [0.25, 0.3) is 0 Å². The Morgan fingerprint density at radius 3 is 2.31 bits per heavy atom. The molecule has 1 saturated carbocycles. The van der Waals surface area contributed by atoms with Crippen molar-refractivity contribution < 1.29 is 25.8 Å². The normalized spacial score (nSPS) is 24.4. The maximum absolute atomic E-state index is 5.76. The quantitative estimate of drug-likeness (QED) is 0.626. The number of rotatable bonds is 6. The van der Waals surface area contributed by atoms with Crippen LogP contribution in [0.4, 0.5) is 0 Å². The van der Waals surface area contributed by atoms with Crippen molar-refractivity contribution in [1.29, 1.82) is 0 Å². The summed E-state index contributed by atoms with van der Waals surface area (Å²) in [5, 5.41) is 4.17. The summed E-state index contributed by atoms with van der Waals surface area (Å²) < 4.78 is 5.76. The topological polar surface area (TPSA) is 23.3 Å². The summed E-state index contributed by atoms with van der Waals surface area (Å²) in [5.41, 5.74) is 0. The average molecular weight is 397 g/mol. The summed E-state index contributed by atoms with van der Waals surface area (Å²) in [5.74, 6) is 0.917. The SMILES string of the molecule is CCCOC1CCC(CC[N-]C)CC1.[CH3-].[W+2]. The third-order valence-electron chi connectivity index (χ3n) is 3.11. The van der Waals surface area contributed by atoms with Crippen molar-refractivity contribution >= 4 is 0 Å². The first-order chi connectivity index (χ1) is 6.86. The Balaban J connectivity index is 0. The molecule has 0 N–H and O–H groups in total. The van der Waals surface area contributed by atoms with Crippen molar-refractivity contribution in [3.05, 3.63) is 12.7 Å². The van der Waals surface area contributed by atoms with Crippen LogP contribution in [-0.4, -0.2) is 26.3 Å². The van der Waals surface area contributed by atoms with E-state index in [1.165, 1.54) is 32.1 Å². The molecule has 16 heavy (non-hydrogen) atoms. The molecule has 0 atom stereocenters. The van der Waals surface area contributed by atoms with Crippen molar-refractivity contribution in [2.24, 2.45) is 5.92 Å². The molecule has 0 spiro atoms. The van der Waals surface area contributed by atoms with Gasteiger partial charge in [0, 0.05) is 6.61 Å². The van der Waals surface area contributed by atoms with Crippen LogP contribution >= 0.6 is 0 Å². The summed E-state index contributed by atoms with van der Waals surface area (Å²) in [6, 6.07) is 0. The molecule has 0 bridgehead atoms. The molecule has 0 aromatic carbocycles. The van der Waals surface area contributed by atoms with E-state index in [9.17, 15) is 0 Å². The van der Waals surface area contributed by atoms with E-state index in [4.69, 9.17) is 4.74 Å². The van der Waals surface area contributed by atoms with Crippen LogP contribution in [0.25, 0.3) is 5.32 Å². The second kappa shape index (κ2) is 12.1. The van der Waals surface area contributed by atoms with Gasteiger partial charge in [0.05, 0.1) is 6.10 Å². The molecule has 1 aliphatic rings. The van der Waals surface area contributed by atoms with E-state index in [0.717, 1.165) is 25.5 Å². The Morgan fingerprint density at radius 2 is 1.81 bits per heavy atom. The molecular weight excluding hydrogens is 370 g/mol. The molecule has 0 radical (unpaired) electrons. The van der Waals surface area contributed by atoms with Crippen LogP contribution in [0.1, 0.15) is 45.4 Å². The fourth-order valence-electron chi connectivity index (χ4n) is 2.18. The van der Waals surface area contributed by atoms with Crippen molar-refractivity contribution in [2.75, 3.05) is 20.2 Å². The van der Waals surface area contributed by atoms with Gasteiger partial charge in [0.2, 0.25) is 0 Å². The number of hydrogen-bond donors (Lipinski definition) is 0. The average Bonchev–Trinajstić information content (AvgIpc) is 2.25. The first-order valence-corrected chi connectivity index (χ1v) is 6.04. The standard InChI is InChI=1S/C12H24NO.CH3.W/c1-3-10-14-12-6-4-11(5-7-12)8-9-13-2;;/h11-12H,3-10H2,1-2H3;1H3;/q2*-1;+2. The third kappa shape index (κ3) is 7.81. The minimum absolute atomic E-state index is 0. The van der Waals surface area contributed by atoms with Gasteiger partial charge >= 0.3 is 21.1 Å². The monoisotopic (exact) mass is 397 g/mol. The van der Waals surface area contributed by atoms with Crippen LogP contribution in [-0.2, 0) is 25.8 Å². The third-order valence-corrected chi connectivity index (χ3v) is 3.11. The molecule has 1 fully saturated rings. The molecule has 2 nitrogen and oxygen atoms in total. The van der Waals surface area contributed by atoms with E-state index in [2.05, 4.69) is 12.2 Å². The molecular formula is C13H27NOW. The van der Waals surface area contributed by atoms with Gasteiger partial charge in [-0.1, -0.05) is 13.3 Å². The van der Waals surface area contributed by atoms with Gasteiger partial charge in [-0.15, -0.1) is 6.54 Å². The Hall–Kier alpha value is 0.608. The fraction of sp³-hybridized carbons (Fsp3) is 0.923. The van der Waals surface area contributed by atoms with Gasteiger partial charge in [-0.2, -0.15) is 7.05 Å². The van der Waals surface area contributed by atoms with Gasteiger partial charge in [-0.05, 0) is 38.0 Å². The molecule has 0 saturated heterocycles. The minimum Gasteiger partial charge on any atom is -0.665 e. The van der Waals surface area contributed by atoms with Gasteiger partial charge in [0.15, 0.2) is 0 Å². The summed E-state index contributed by atoms with van der Waals surface area (Å²) in [4.78, 5) is 0. The molecule has 0 heterocycles. The Labute approximate surface area is 116 Å². The zero-order valence-electron chi connectivity index (χ0n) is 11.1. The predicted octanol–water partition coefficient (Wildman–Crippen LogP) is 3.81. The van der Waals surface area contributed by atoms with E-state index in [-0.39, 0.29) is 28.5 Å². The van der Waals surface area contributed by atoms with E-state index in [1.54, 1.807) is 0 Å². The van der Waals surface area contributed by atoms with Crippen LogP contribution in [0.2, 0.25) is 0 Å². The minimum atomic E-state index is 0. The summed E-state index contributed by atoms with van der Waals surface area (Å²) in [7, 11) is 1.91. The Bertz CT molecular complexity index is 120. The largest absolute Gasteiger partial charge is 2.00 e. The van der Waals surface area contributed by atoms with Gasteiger partial charge in [-0.3, -0.25) is 0 Å². The maximum atomic E-state index is 5.76. The van der Waals surface area contributed by atoms with Crippen LogP contribution < -0.4 is 0 Å². The number of ether oxygens (including phenoxy) is 1. The van der Waals surface area contributed by atoms with Crippen LogP contribution in [0.5, 0.6) is 0 Å². The number of nitrogens with zero attached hydrogens (tertiary/aromatic N) is 1. The zero-order valence-corrected chi connectivity index (χ0v) is 14.0. The predicted molar refractivity (Wildman–Crippen MR) is 67.2 cm³/mol. The van der Waals surface area contributed by atoms with Crippen LogP contribution in [0.3, 0.4) is 0 Å². The Morgan fingerprint density at radius 1 is 1.19 bits per heavy atom. The molecule has 3 heteroatoms. The summed E-state index contributed by atoms with van der Waals surface area (Å²) in [6.07, 6.45) is 8.24.